The van der Waals surface area contributed by atoms with Gasteiger partial charge >= 0.3 is 6.09 Å². The molecule has 10 heteroatoms. The van der Waals surface area contributed by atoms with Gasteiger partial charge in [-0.05, 0) is 12.1 Å². The molecule has 0 spiro atoms. The monoisotopic (exact) mass is 327 g/mol. The molecule has 7 nitrogen and oxygen atoms in total. The lowest BCUT2D eigenvalue weighted by molar-refractivity contribution is 0.159. The number of anilines is 1. The van der Waals surface area contributed by atoms with Crippen molar-refractivity contribution >= 4 is 45.0 Å². The minimum absolute atomic E-state index is 0.0826. The van der Waals surface area contributed by atoms with Gasteiger partial charge in [0.05, 0.1) is 10.7 Å². The van der Waals surface area contributed by atoms with E-state index in [-0.39, 0.29) is 33.8 Å². The number of nitrogens with one attached hydrogen (secondary N) is 1. The fourth-order valence-corrected chi connectivity index (χ4v) is 3.26. The fourth-order valence-electron chi connectivity index (χ4n) is 1.26. The summed E-state index contributed by atoms with van der Waals surface area (Å²) in [6, 6.07) is 2.52. The zero-order chi connectivity index (χ0) is 14.6. The molecule has 19 heavy (non-hydrogen) atoms. The van der Waals surface area contributed by atoms with Crippen LogP contribution in [0.4, 0.5) is 10.5 Å². The SMILES string of the molecule is NC(=O)OCCNS(=O)(=O)c1c(N)cc(Cl)cc1Cl. The van der Waals surface area contributed by atoms with Crippen LogP contribution in [0.25, 0.3) is 0 Å². The lowest BCUT2D eigenvalue weighted by atomic mass is 10.3. The average molecular weight is 328 g/mol. The molecule has 1 amide bonds. The zero-order valence-corrected chi connectivity index (χ0v) is 11.8. The molecule has 1 rings (SSSR count). The lowest BCUT2D eigenvalue weighted by Gasteiger charge is -2.11. The third kappa shape index (κ3) is 4.43. The number of carbonyl (C=O) groups is 1. The van der Waals surface area contributed by atoms with Crippen molar-refractivity contribution in [3.8, 4) is 0 Å². The number of sulfonamides is 1. The molecular formula is C9H11Cl2N3O4S. The Morgan fingerprint density at radius 2 is 2.00 bits per heavy atom. The van der Waals surface area contributed by atoms with Crippen molar-refractivity contribution < 1.29 is 17.9 Å². The zero-order valence-electron chi connectivity index (χ0n) is 9.52. The van der Waals surface area contributed by atoms with Gasteiger partial charge in [0.25, 0.3) is 0 Å². The smallest absolute Gasteiger partial charge is 0.404 e. The van der Waals surface area contributed by atoms with E-state index >= 15 is 0 Å². The van der Waals surface area contributed by atoms with Crippen LogP contribution in [0.3, 0.4) is 0 Å². The van der Waals surface area contributed by atoms with Crippen molar-refractivity contribution in [2.75, 3.05) is 18.9 Å². The van der Waals surface area contributed by atoms with Crippen LogP contribution in [-0.2, 0) is 14.8 Å². The molecule has 0 bridgehead atoms. The minimum atomic E-state index is -3.93. The topological polar surface area (TPSA) is 125 Å². The van der Waals surface area contributed by atoms with Crippen LogP contribution in [0.5, 0.6) is 0 Å². The summed E-state index contributed by atoms with van der Waals surface area (Å²) >= 11 is 11.5. The van der Waals surface area contributed by atoms with Crippen molar-refractivity contribution in [1.29, 1.82) is 0 Å². The molecule has 0 heterocycles. The maximum absolute atomic E-state index is 11.9. The number of ether oxygens (including phenoxy) is 1. The van der Waals surface area contributed by atoms with E-state index in [4.69, 9.17) is 34.7 Å². The predicted octanol–water partition coefficient (Wildman–Crippen LogP) is 0.949. The molecule has 0 aliphatic carbocycles. The number of hydrogen-bond acceptors (Lipinski definition) is 5. The first kappa shape index (κ1) is 15.8. The third-order valence-electron chi connectivity index (χ3n) is 1.94. The lowest BCUT2D eigenvalue weighted by Crippen LogP contribution is -2.29. The molecule has 0 aliphatic heterocycles. The molecule has 0 aliphatic rings. The van der Waals surface area contributed by atoms with Crippen molar-refractivity contribution in [3.63, 3.8) is 0 Å². The quantitative estimate of drug-likeness (QED) is 0.548. The molecular weight excluding hydrogens is 317 g/mol. The molecule has 0 saturated heterocycles. The molecule has 0 unspecified atom stereocenters. The minimum Gasteiger partial charge on any atom is -0.448 e. The summed E-state index contributed by atoms with van der Waals surface area (Å²) in [5.74, 6) is 0. The molecule has 1 aromatic carbocycles. The number of nitrogens with two attached hydrogens (primary N) is 2. The summed E-state index contributed by atoms with van der Waals surface area (Å²) in [6.07, 6.45) is -0.997. The van der Waals surface area contributed by atoms with Gasteiger partial charge < -0.3 is 16.2 Å². The first-order valence-corrected chi connectivity index (χ1v) is 7.14. The number of carbonyl (C=O) groups excluding carboxylic acids is 1. The van der Waals surface area contributed by atoms with Gasteiger partial charge in [-0.2, -0.15) is 0 Å². The van der Waals surface area contributed by atoms with Crippen LogP contribution < -0.4 is 16.2 Å². The number of halogens is 2. The van der Waals surface area contributed by atoms with Crippen LogP contribution in [0.2, 0.25) is 10.0 Å². The largest absolute Gasteiger partial charge is 0.448 e. The Morgan fingerprint density at radius 1 is 1.37 bits per heavy atom. The van der Waals surface area contributed by atoms with Gasteiger partial charge in [0.2, 0.25) is 10.0 Å². The summed E-state index contributed by atoms with van der Waals surface area (Å²) < 4.78 is 30.4. The summed E-state index contributed by atoms with van der Waals surface area (Å²) in [7, 11) is -3.93. The molecule has 0 radical (unpaired) electrons. The Morgan fingerprint density at radius 3 is 2.53 bits per heavy atom. The molecule has 5 N–H and O–H groups in total. The van der Waals surface area contributed by atoms with Gasteiger partial charge in [-0.15, -0.1) is 0 Å². The normalized spacial score (nSPS) is 11.3. The van der Waals surface area contributed by atoms with Crippen molar-refractivity contribution in [1.82, 2.24) is 4.72 Å². The van der Waals surface area contributed by atoms with Crippen LogP contribution in [0.15, 0.2) is 17.0 Å². The molecule has 1 aromatic rings. The summed E-state index contributed by atoms with van der Waals surface area (Å²) in [5, 5.41) is 0.117. The van der Waals surface area contributed by atoms with Gasteiger partial charge in [0.15, 0.2) is 0 Å². The van der Waals surface area contributed by atoms with E-state index in [1.165, 1.54) is 12.1 Å². The Labute approximate surface area is 119 Å². The Kier molecular flexibility index (Phi) is 5.24. The number of primary amides is 1. The maximum atomic E-state index is 11.9. The number of nitrogen functional groups attached to an aromatic ring is 1. The standard InChI is InChI=1S/C9H11Cl2N3O4S/c10-5-3-6(11)8(7(12)4-5)19(16,17)14-1-2-18-9(13)15/h3-4,14H,1-2,12H2,(H2,13,15). The van der Waals surface area contributed by atoms with E-state index in [1.54, 1.807) is 0 Å². The van der Waals surface area contributed by atoms with Gasteiger partial charge in [-0.25, -0.2) is 17.9 Å². The van der Waals surface area contributed by atoms with E-state index < -0.39 is 16.1 Å². The number of rotatable bonds is 5. The fraction of sp³-hybridized carbons (Fsp3) is 0.222. The van der Waals surface area contributed by atoms with Crippen molar-refractivity contribution in [2.24, 2.45) is 5.73 Å². The molecule has 0 atom stereocenters. The summed E-state index contributed by atoms with van der Waals surface area (Å²) in [4.78, 5) is 10.0. The molecule has 106 valence electrons. The van der Waals surface area contributed by atoms with E-state index in [0.717, 1.165) is 0 Å². The highest BCUT2D eigenvalue weighted by molar-refractivity contribution is 7.89. The van der Waals surface area contributed by atoms with Crippen LogP contribution in [0.1, 0.15) is 0 Å². The summed E-state index contributed by atoms with van der Waals surface area (Å²) in [5.41, 5.74) is 10.2. The second kappa shape index (κ2) is 6.29. The second-order valence-electron chi connectivity index (χ2n) is 3.37. The van der Waals surface area contributed by atoms with Crippen LogP contribution >= 0.6 is 23.2 Å². The number of benzene rings is 1. The first-order valence-electron chi connectivity index (χ1n) is 4.90. The van der Waals surface area contributed by atoms with Crippen LogP contribution in [-0.4, -0.2) is 27.7 Å². The Bertz CT molecular complexity index is 568. The highest BCUT2D eigenvalue weighted by atomic mass is 35.5. The van der Waals surface area contributed by atoms with Gasteiger partial charge in [0, 0.05) is 11.6 Å². The second-order valence-corrected chi connectivity index (χ2v) is 5.92. The summed E-state index contributed by atoms with van der Waals surface area (Å²) in [6.45, 7) is -0.372. The van der Waals surface area contributed by atoms with Crippen molar-refractivity contribution in [2.45, 2.75) is 4.90 Å². The van der Waals surface area contributed by atoms with Gasteiger partial charge in [-0.1, -0.05) is 23.2 Å². The Hall–Kier alpha value is -1.22. The highest BCUT2D eigenvalue weighted by Crippen LogP contribution is 2.30. The van der Waals surface area contributed by atoms with E-state index in [2.05, 4.69) is 9.46 Å². The third-order valence-corrected chi connectivity index (χ3v) is 4.15. The molecule has 0 fully saturated rings. The van der Waals surface area contributed by atoms with Crippen LogP contribution in [0, 0.1) is 0 Å². The Balaban J connectivity index is 2.86. The number of hydrogen-bond donors (Lipinski definition) is 3. The van der Waals surface area contributed by atoms with E-state index in [0.29, 0.717) is 0 Å². The van der Waals surface area contributed by atoms with Gasteiger partial charge in [0.1, 0.15) is 11.5 Å². The maximum Gasteiger partial charge on any atom is 0.404 e. The van der Waals surface area contributed by atoms with Crippen molar-refractivity contribution in [3.05, 3.63) is 22.2 Å². The molecule has 0 saturated carbocycles. The predicted molar refractivity (Wildman–Crippen MR) is 71.6 cm³/mol. The number of amides is 1. The van der Waals surface area contributed by atoms with E-state index in [1.807, 2.05) is 0 Å². The first-order chi connectivity index (χ1) is 8.74. The highest BCUT2D eigenvalue weighted by Gasteiger charge is 2.21. The van der Waals surface area contributed by atoms with Gasteiger partial charge in [-0.3, -0.25) is 0 Å². The molecule has 0 aromatic heterocycles. The van der Waals surface area contributed by atoms with E-state index in [9.17, 15) is 13.2 Å². The average Bonchev–Trinajstić information content (AvgIpc) is 2.22.